The summed E-state index contributed by atoms with van der Waals surface area (Å²) in [5, 5.41) is 0. The third-order valence-corrected chi connectivity index (χ3v) is 3.17. The van der Waals surface area contributed by atoms with Gasteiger partial charge in [0.25, 0.3) is 0 Å². The normalized spacial score (nSPS) is 13.1. The van der Waals surface area contributed by atoms with Crippen molar-refractivity contribution >= 4 is 6.09 Å². The summed E-state index contributed by atoms with van der Waals surface area (Å²) in [7, 11) is 0. The highest BCUT2D eigenvalue weighted by Gasteiger charge is 2.26. The molecule has 0 bridgehead atoms. The molecule has 0 aliphatic carbocycles. The first-order valence-corrected chi connectivity index (χ1v) is 7.72. The molecule has 0 heterocycles. The number of carbonyl (C=O) groups excluding carboxylic acids is 1. The zero-order chi connectivity index (χ0) is 16.0. The molecule has 0 spiro atoms. The van der Waals surface area contributed by atoms with Crippen molar-refractivity contribution < 1.29 is 9.53 Å². The van der Waals surface area contributed by atoms with Crippen molar-refractivity contribution in [2.24, 2.45) is 5.92 Å². The molecule has 1 unspecified atom stereocenters. The molecule has 3 heteroatoms. The fourth-order valence-electron chi connectivity index (χ4n) is 2.31. The number of amides is 1. The molecule has 21 heavy (non-hydrogen) atoms. The van der Waals surface area contributed by atoms with Crippen molar-refractivity contribution in [1.29, 1.82) is 0 Å². The third-order valence-electron chi connectivity index (χ3n) is 3.17. The minimum Gasteiger partial charge on any atom is -0.444 e. The van der Waals surface area contributed by atoms with Crippen LogP contribution in [0.4, 0.5) is 4.79 Å². The number of hydrogen-bond acceptors (Lipinski definition) is 2. The number of hydrogen-bond donors (Lipinski definition) is 0. The summed E-state index contributed by atoms with van der Waals surface area (Å²) >= 11 is 0. The van der Waals surface area contributed by atoms with Crippen LogP contribution < -0.4 is 0 Å². The second-order valence-electron chi connectivity index (χ2n) is 7.07. The van der Waals surface area contributed by atoms with E-state index < -0.39 is 5.60 Å². The second-order valence-corrected chi connectivity index (χ2v) is 7.07. The molecule has 0 saturated carbocycles. The van der Waals surface area contributed by atoms with Crippen molar-refractivity contribution in [2.75, 3.05) is 0 Å². The monoisotopic (exact) mass is 291 g/mol. The van der Waals surface area contributed by atoms with Gasteiger partial charge in [-0.1, -0.05) is 44.2 Å². The van der Waals surface area contributed by atoms with Crippen LogP contribution in [0.2, 0.25) is 0 Å². The number of ether oxygens (including phenoxy) is 1. The fourth-order valence-corrected chi connectivity index (χ4v) is 2.31. The summed E-state index contributed by atoms with van der Waals surface area (Å²) in [4.78, 5) is 14.3. The lowest BCUT2D eigenvalue weighted by atomic mass is 10.0. The van der Waals surface area contributed by atoms with Gasteiger partial charge in [-0.3, -0.25) is 0 Å². The molecule has 1 atom stereocenters. The van der Waals surface area contributed by atoms with Gasteiger partial charge in [0, 0.05) is 12.6 Å². The molecule has 0 aromatic heterocycles. The molecule has 118 valence electrons. The fraction of sp³-hybridized carbons (Fsp3) is 0.611. The van der Waals surface area contributed by atoms with E-state index in [1.165, 1.54) is 0 Å². The first kappa shape index (κ1) is 17.5. The molecule has 1 aromatic carbocycles. The molecule has 1 aromatic rings. The van der Waals surface area contributed by atoms with E-state index in [9.17, 15) is 4.79 Å². The van der Waals surface area contributed by atoms with Crippen LogP contribution >= 0.6 is 0 Å². The standard InChI is InChI=1S/C18H29NO2/c1-14(2)12-15(3)19(17(20)21-18(4,5)6)13-16-10-8-7-9-11-16/h7-11,14-15H,12-13H2,1-6H3. The second kappa shape index (κ2) is 7.48. The van der Waals surface area contributed by atoms with Gasteiger partial charge in [-0.05, 0) is 45.6 Å². The van der Waals surface area contributed by atoms with Crippen LogP contribution in [0, 0.1) is 5.92 Å². The van der Waals surface area contributed by atoms with Crippen LogP contribution in [0.25, 0.3) is 0 Å². The van der Waals surface area contributed by atoms with Crippen LogP contribution in [-0.2, 0) is 11.3 Å². The van der Waals surface area contributed by atoms with Gasteiger partial charge in [-0.25, -0.2) is 4.79 Å². The molecular weight excluding hydrogens is 262 g/mol. The Balaban J connectivity index is 2.86. The average Bonchev–Trinajstić information content (AvgIpc) is 2.34. The van der Waals surface area contributed by atoms with Crippen LogP contribution in [-0.4, -0.2) is 22.6 Å². The lowest BCUT2D eigenvalue weighted by Gasteiger charge is -2.32. The zero-order valence-corrected chi connectivity index (χ0v) is 14.2. The van der Waals surface area contributed by atoms with E-state index >= 15 is 0 Å². The first-order valence-electron chi connectivity index (χ1n) is 7.72. The van der Waals surface area contributed by atoms with Gasteiger partial charge < -0.3 is 9.64 Å². The Labute approximate surface area is 129 Å². The lowest BCUT2D eigenvalue weighted by molar-refractivity contribution is 0.0137. The molecule has 0 aliphatic heterocycles. The van der Waals surface area contributed by atoms with E-state index in [0.29, 0.717) is 12.5 Å². The summed E-state index contributed by atoms with van der Waals surface area (Å²) in [6, 6.07) is 10.2. The Morgan fingerprint density at radius 2 is 1.71 bits per heavy atom. The number of carbonyl (C=O) groups is 1. The Morgan fingerprint density at radius 1 is 1.14 bits per heavy atom. The van der Waals surface area contributed by atoms with Gasteiger partial charge in [0.15, 0.2) is 0 Å². The van der Waals surface area contributed by atoms with Gasteiger partial charge in [0.2, 0.25) is 0 Å². The maximum atomic E-state index is 12.5. The van der Waals surface area contributed by atoms with Crippen LogP contribution in [0.1, 0.15) is 53.5 Å². The van der Waals surface area contributed by atoms with Crippen molar-refractivity contribution in [2.45, 2.75) is 66.2 Å². The smallest absolute Gasteiger partial charge is 0.410 e. The molecular formula is C18H29NO2. The van der Waals surface area contributed by atoms with E-state index in [4.69, 9.17) is 4.74 Å². The van der Waals surface area contributed by atoms with Crippen molar-refractivity contribution in [1.82, 2.24) is 4.90 Å². The third kappa shape index (κ3) is 6.65. The van der Waals surface area contributed by atoms with E-state index in [-0.39, 0.29) is 12.1 Å². The number of benzene rings is 1. The summed E-state index contributed by atoms with van der Waals surface area (Å²) in [6.07, 6.45) is 0.728. The van der Waals surface area contributed by atoms with Crippen LogP contribution in [0.5, 0.6) is 0 Å². The lowest BCUT2D eigenvalue weighted by Crippen LogP contribution is -2.42. The first-order chi connectivity index (χ1) is 9.69. The number of nitrogens with zero attached hydrogens (tertiary/aromatic N) is 1. The molecule has 0 fully saturated rings. The Morgan fingerprint density at radius 3 is 2.19 bits per heavy atom. The predicted molar refractivity (Wildman–Crippen MR) is 87.1 cm³/mol. The van der Waals surface area contributed by atoms with E-state index in [2.05, 4.69) is 20.8 Å². The highest BCUT2D eigenvalue weighted by atomic mass is 16.6. The van der Waals surface area contributed by atoms with Gasteiger partial charge >= 0.3 is 6.09 Å². The van der Waals surface area contributed by atoms with Gasteiger partial charge in [0.05, 0.1) is 0 Å². The molecule has 0 saturated heterocycles. The summed E-state index contributed by atoms with van der Waals surface area (Å²) in [5.74, 6) is 0.542. The highest BCUT2D eigenvalue weighted by Crippen LogP contribution is 2.19. The number of rotatable bonds is 5. The SMILES string of the molecule is CC(C)CC(C)N(Cc1ccccc1)C(=O)OC(C)(C)C. The molecule has 1 rings (SSSR count). The molecule has 0 aliphatic rings. The van der Waals surface area contributed by atoms with Gasteiger partial charge in [-0.2, -0.15) is 0 Å². The summed E-state index contributed by atoms with van der Waals surface area (Å²) in [5.41, 5.74) is 0.655. The topological polar surface area (TPSA) is 29.5 Å². The predicted octanol–water partition coefficient (Wildman–Crippen LogP) is 4.86. The van der Waals surface area contributed by atoms with Crippen LogP contribution in [0.3, 0.4) is 0 Å². The largest absolute Gasteiger partial charge is 0.444 e. The van der Waals surface area contributed by atoms with Crippen LogP contribution in [0.15, 0.2) is 30.3 Å². The minimum atomic E-state index is -0.469. The summed E-state index contributed by atoms with van der Waals surface area (Å²) in [6.45, 7) is 12.7. The molecule has 0 radical (unpaired) electrons. The quantitative estimate of drug-likeness (QED) is 0.775. The Kier molecular flexibility index (Phi) is 6.25. The average molecular weight is 291 g/mol. The van der Waals surface area contributed by atoms with Gasteiger partial charge in [0.1, 0.15) is 5.60 Å². The Bertz CT molecular complexity index is 434. The molecule has 1 amide bonds. The maximum absolute atomic E-state index is 12.5. The van der Waals surface area contributed by atoms with E-state index in [0.717, 1.165) is 12.0 Å². The van der Waals surface area contributed by atoms with E-state index in [1.54, 1.807) is 0 Å². The minimum absolute atomic E-state index is 0.153. The molecule has 3 nitrogen and oxygen atoms in total. The Hall–Kier alpha value is -1.51. The summed E-state index contributed by atoms with van der Waals surface area (Å²) < 4.78 is 5.56. The van der Waals surface area contributed by atoms with Crippen molar-refractivity contribution in [3.05, 3.63) is 35.9 Å². The highest BCUT2D eigenvalue weighted by molar-refractivity contribution is 5.68. The van der Waals surface area contributed by atoms with Crippen molar-refractivity contribution in [3.63, 3.8) is 0 Å². The van der Waals surface area contributed by atoms with Crippen molar-refractivity contribution in [3.8, 4) is 0 Å². The molecule has 0 N–H and O–H groups in total. The maximum Gasteiger partial charge on any atom is 0.410 e. The van der Waals surface area contributed by atoms with E-state index in [1.807, 2.05) is 56.0 Å². The zero-order valence-electron chi connectivity index (χ0n) is 14.2. The van der Waals surface area contributed by atoms with Gasteiger partial charge in [-0.15, -0.1) is 0 Å².